The first-order valence-electron chi connectivity index (χ1n) is 6.26. The lowest BCUT2D eigenvalue weighted by atomic mass is 10.2. The maximum Gasteiger partial charge on any atom is 0.229 e. The lowest BCUT2D eigenvalue weighted by Crippen LogP contribution is -2.09. The molecule has 1 aromatic rings. The third-order valence-corrected chi connectivity index (χ3v) is 4.37. The quantitative estimate of drug-likeness (QED) is 0.849. The molecule has 1 heterocycles. The van der Waals surface area contributed by atoms with Crippen molar-refractivity contribution in [1.29, 1.82) is 5.26 Å². The minimum absolute atomic E-state index is 0.0918. The number of hydrogen-bond donors (Lipinski definition) is 1. The maximum absolute atomic E-state index is 9.46. The van der Waals surface area contributed by atoms with E-state index in [0.29, 0.717) is 11.7 Å². The average molecular weight is 267 g/mol. The van der Waals surface area contributed by atoms with Crippen LogP contribution in [0.5, 0.6) is 0 Å². The highest BCUT2D eigenvalue weighted by atomic mass is 32.2. The highest BCUT2D eigenvalue weighted by Gasteiger charge is 2.17. The summed E-state index contributed by atoms with van der Waals surface area (Å²) >= 11 is 1.88. The number of thioether (sulfide) groups is 1. The molecule has 1 unspecified atom stereocenters. The van der Waals surface area contributed by atoms with E-state index in [1.54, 1.807) is 0 Å². The van der Waals surface area contributed by atoms with E-state index < -0.39 is 6.10 Å². The van der Waals surface area contributed by atoms with Crippen LogP contribution in [-0.2, 0) is 12.2 Å². The summed E-state index contributed by atoms with van der Waals surface area (Å²) in [5.74, 6) is 1.87. The molecule has 1 fully saturated rings. The number of nitrogens with zero attached hydrogens (tertiary/aromatic N) is 3. The van der Waals surface area contributed by atoms with Gasteiger partial charge in [-0.25, -0.2) is 0 Å². The zero-order valence-corrected chi connectivity index (χ0v) is 11.0. The molecule has 0 saturated heterocycles. The second-order valence-electron chi connectivity index (χ2n) is 4.54. The van der Waals surface area contributed by atoms with E-state index in [1.807, 2.05) is 17.8 Å². The summed E-state index contributed by atoms with van der Waals surface area (Å²) in [7, 11) is 0. The van der Waals surface area contributed by atoms with Gasteiger partial charge in [-0.3, -0.25) is 0 Å². The summed E-state index contributed by atoms with van der Waals surface area (Å²) in [6.45, 7) is 0. The lowest BCUT2D eigenvalue weighted by molar-refractivity contribution is 0.167. The molecule has 1 atom stereocenters. The van der Waals surface area contributed by atoms with Gasteiger partial charge in [0.05, 0.1) is 30.8 Å². The van der Waals surface area contributed by atoms with Crippen molar-refractivity contribution in [3.8, 4) is 6.07 Å². The first-order chi connectivity index (χ1) is 8.78. The highest BCUT2D eigenvalue weighted by molar-refractivity contribution is 7.99. The van der Waals surface area contributed by atoms with Gasteiger partial charge >= 0.3 is 0 Å². The third kappa shape index (κ3) is 4.00. The summed E-state index contributed by atoms with van der Waals surface area (Å²) in [5.41, 5.74) is 0. The van der Waals surface area contributed by atoms with Gasteiger partial charge < -0.3 is 9.63 Å². The van der Waals surface area contributed by atoms with Crippen LogP contribution < -0.4 is 0 Å². The SMILES string of the molecule is N#CCC(O)Cc1nc(CSC2CCCC2)no1. The van der Waals surface area contributed by atoms with Gasteiger partial charge in [-0.15, -0.1) is 0 Å². The van der Waals surface area contributed by atoms with Crippen LogP contribution in [0.2, 0.25) is 0 Å². The largest absolute Gasteiger partial charge is 0.392 e. The van der Waals surface area contributed by atoms with E-state index in [-0.39, 0.29) is 12.8 Å². The Morgan fingerprint density at radius 2 is 2.28 bits per heavy atom. The third-order valence-electron chi connectivity index (χ3n) is 3.00. The van der Waals surface area contributed by atoms with Gasteiger partial charge in [-0.1, -0.05) is 18.0 Å². The fourth-order valence-electron chi connectivity index (χ4n) is 2.06. The van der Waals surface area contributed by atoms with Crippen LogP contribution in [0.1, 0.15) is 43.8 Å². The summed E-state index contributed by atoms with van der Waals surface area (Å²) < 4.78 is 5.05. The standard InChI is InChI=1S/C12H17N3O2S/c13-6-5-9(16)7-12-14-11(15-17-12)8-18-10-3-1-2-4-10/h9-10,16H,1-5,7-8H2. The molecule has 18 heavy (non-hydrogen) atoms. The Morgan fingerprint density at radius 3 is 3.00 bits per heavy atom. The Labute approximate surface area is 111 Å². The highest BCUT2D eigenvalue weighted by Crippen LogP contribution is 2.30. The number of aliphatic hydroxyl groups is 1. The molecule has 5 nitrogen and oxygen atoms in total. The van der Waals surface area contributed by atoms with Crippen molar-refractivity contribution in [2.45, 2.75) is 55.6 Å². The van der Waals surface area contributed by atoms with Crippen LogP contribution in [0.4, 0.5) is 0 Å². The summed E-state index contributed by atoms with van der Waals surface area (Å²) in [4.78, 5) is 4.23. The molecule has 0 amide bonds. The second-order valence-corrected chi connectivity index (χ2v) is 5.83. The van der Waals surface area contributed by atoms with Crippen molar-refractivity contribution >= 4 is 11.8 Å². The zero-order valence-electron chi connectivity index (χ0n) is 10.2. The van der Waals surface area contributed by atoms with Gasteiger partial charge in [-0.2, -0.15) is 22.0 Å². The number of aromatic nitrogens is 2. The van der Waals surface area contributed by atoms with E-state index in [0.717, 1.165) is 11.0 Å². The molecule has 2 rings (SSSR count). The fourth-order valence-corrected chi connectivity index (χ4v) is 3.23. The number of rotatable bonds is 6. The fraction of sp³-hybridized carbons (Fsp3) is 0.750. The average Bonchev–Trinajstić information content (AvgIpc) is 2.97. The lowest BCUT2D eigenvalue weighted by Gasteiger charge is -2.04. The molecule has 0 radical (unpaired) electrons. The predicted octanol–water partition coefficient (Wildman–Crippen LogP) is 2.06. The molecule has 1 aromatic heterocycles. The van der Waals surface area contributed by atoms with Crippen molar-refractivity contribution in [1.82, 2.24) is 10.1 Å². The molecule has 1 saturated carbocycles. The van der Waals surface area contributed by atoms with Gasteiger partial charge in [0.15, 0.2) is 5.82 Å². The summed E-state index contributed by atoms with van der Waals surface area (Å²) in [6, 6.07) is 1.91. The van der Waals surface area contributed by atoms with E-state index in [1.165, 1.54) is 25.7 Å². The van der Waals surface area contributed by atoms with Crippen LogP contribution in [-0.4, -0.2) is 26.6 Å². The van der Waals surface area contributed by atoms with E-state index in [2.05, 4.69) is 10.1 Å². The van der Waals surface area contributed by atoms with Gasteiger partial charge in [0.2, 0.25) is 5.89 Å². The Bertz CT molecular complexity index is 410. The predicted molar refractivity (Wildman–Crippen MR) is 67.8 cm³/mol. The van der Waals surface area contributed by atoms with Crippen LogP contribution in [0, 0.1) is 11.3 Å². The van der Waals surface area contributed by atoms with Crippen LogP contribution in [0.15, 0.2) is 4.52 Å². The van der Waals surface area contributed by atoms with E-state index >= 15 is 0 Å². The number of nitriles is 1. The second kappa shape index (κ2) is 6.76. The minimum atomic E-state index is -0.717. The monoisotopic (exact) mass is 267 g/mol. The molecule has 0 aliphatic heterocycles. The number of aliphatic hydroxyl groups excluding tert-OH is 1. The molecule has 6 heteroatoms. The van der Waals surface area contributed by atoms with Gasteiger partial charge in [0.1, 0.15) is 0 Å². The molecule has 1 aliphatic carbocycles. The molecular weight excluding hydrogens is 250 g/mol. The molecule has 0 spiro atoms. The van der Waals surface area contributed by atoms with Crippen molar-refractivity contribution in [2.75, 3.05) is 0 Å². The minimum Gasteiger partial charge on any atom is -0.392 e. The van der Waals surface area contributed by atoms with E-state index in [9.17, 15) is 5.11 Å². The molecular formula is C12H17N3O2S. The number of hydrogen-bond acceptors (Lipinski definition) is 6. The zero-order chi connectivity index (χ0) is 12.8. The summed E-state index contributed by atoms with van der Waals surface area (Å²) in [5, 5.41) is 22.5. The van der Waals surface area contributed by atoms with Crippen molar-refractivity contribution < 1.29 is 9.63 Å². The Morgan fingerprint density at radius 1 is 1.50 bits per heavy atom. The Balaban J connectivity index is 1.76. The Kier molecular flexibility index (Phi) is 5.02. The first kappa shape index (κ1) is 13.4. The normalized spacial score (nSPS) is 17.8. The molecule has 98 valence electrons. The van der Waals surface area contributed by atoms with Gasteiger partial charge in [-0.05, 0) is 12.8 Å². The van der Waals surface area contributed by atoms with Crippen LogP contribution in [0.3, 0.4) is 0 Å². The van der Waals surface area contributed by atoms with E-state index in [4.69, 9.17) is 9.78 Å². The van der Waals surface area contributed by atoms with Crippen molar-refractivity contribution in [2.24, 2.45) is 0 Å². The smallest absolute Gasteiger partial charge is 0.229 e. The molecule has 0 aromatic carbocycles. The molecule has 1 N–H and O–H groups in total. The topological polar surface area (TPSA) is 82.9 Å². The van der Waals surface area contributed by atoms with Crippen molar-refractivity contribution in [3.63, 3.8) is 0 Å². The molecule has 1 aliphatic rings. The molecule has 0 bridgehead atoms. The first-order valence-corrected chi connectivity index (χ1v) is 7.31. The Hall–Kier alpha value is -1.06. The van der Waals surface area contributed by atoms with Crippen molar-refractivity contribution in [3.05, 3.63) is 11.7 Å². The van der Waals surface area contributed by atoms with Crippen LogP contribution >= 0.6 is 11.8 Å². The maximum atomic E-state index is 9.46. The summed E-state index contributed by atoms with van der Waals surface area (Å²) in [6.07, 6.45) is 4.87. The van der Waals surface area contributed by atoms with Gasteiger partial charge in [0, 0.05) is 5.25 Å². The van der Waals surface area contributed by atoms with Gasteiger partial charge in [0.25, 0.3) is 0 Å². The van der Waals surface area contributed by atoms with Crippen LogP contribution in [0.25, 0.3) is 0 Å².